The van der Waals surface area contributed by atoms with Crippen molar-refractivity contribution in [3.8, 4) is 11.3 Å². The molecule has 0 N–H and O–H groups in total. The van der Waals surface area contributed by atoms with Gasteiger partial charge >= 0.3 is 0 Å². The molecular weight excluding hydrogens is 316 g/mol. The van der Waals surface area contributed by atoms with Crippen LogP contribution >= 0.6 is 0 Å². The number of fused-ring (bicyclic) bond motifs is 1. The van der Waals surface area contributed by atoms with E-state index in [9.17, 15) is 0 Å². The second-order valence-electron chi connectivity index (χ2n) is 8.85. The highest BCUT2D eigenvalue weighted by molar-refractivity contribution is 5.82. The Hall–Kier alpha value is -2.22. The van der Waals surface area contributed by atoms with Gasteiger partial charge in [0.05, 0.1) is 22.4 Å². The van der Waals surface area contributed by atoms with Crippen LogP contribution in [-0.2, 0) is 0 Å². The molecular formula is C24H28N2. The van der Waals surface area contributed by atoms with Crippen molar-refractivity contribution in [3.05, 3.63) is 58.8 Å². The first-order chi connectivity index (χ1) is 12.3. The Bertz CT molecular complexity index is 965. The average Bonchev–Trinajstić information content (AvgIpc) is 2.92. The summed E-state index contributed by atoms with van der Waals surface area (Å²) >= 11 is 0. The molecule has 1 aromatic heterocycles. The molecule has 1 aliphatic carbocycles. The van der Waals surface area contributed by atoms with Crippen LogP contribution in [0, 0.1) is 26.2 Å². The molecule has 0 amide bonds. The molecule has 134 valence electrons. The van der Waals surface area contributed by atoms with E-state index in [-0.39, 0.29) is 0 Å². The van der Waals surface area contributed by atoms with Crippen molar-refractivity contribution in [2.24, 2.45) is 5.41 Å². The SMILES string of the molecule is Cc1cc(C)cc(-c2nc3cccc(C4CCC(C)(C)C4)c3nc2C)c1. The van der Waals surface area contributed by atoms with Crippen LogP contribution in [0.1, 0.15) is 61.4 Å². The van der Waals surface area contributed by atoms with E-state index in [0.29, 0.717) is 11.3 Å². The summed E-state index contributed by atoms with van der Waals surface area (Å²) in [5, 5.41) is 0. The summed E-state index contributed by atoms with van der Waals surface area (Å²) in [4.78, 5) is 10.1. The first-order valence-corrected chi connectivity index (χ1v) is 9.68. The maximum atomic E-state index is 5.04. The van der Waals surface area contributed by atoms with E-state index in [4.69, 9.17) is 9.97 Å². The molecule has 1 fully saturated rings. The van der Waals surface area contributed by atoms with Crippen LogP contribution < -0.4 is 0 Å². The number of benzene rings is 2. The van der Waals surface area contributed by atoms with E-state index in [1.54, 1.807) is 0 Å². The van der Waals surface area contributed by atoms with Gasteiger partial charge < -0.3 is 0 Å². The summed E-state index contributed by atoms with van der Waals surface area (Å²) in [6.45, 7) is 11.1. The Morgan fingerprint density at radius 3 is 2.35 bits per heavy atom. The first kappa shape index (κ1) is 17.2. The topological polar surface area (TPSA) is 25.8 Å². The highest BCUT2D eigenvalue weighted by Gasteiger charge is 2.32. The summed E-state index contributed by atoms with van der Waals surface area (Å²) < 4.78 is 0. The third kappa shape index (κ3) is 3.13. The van der Waals surface area contributed by atoms with Crippen molar-refractivity contribution in [2.45, 2.75) is 59.8 Å². The summed E-state index contributed by atoms with van der Waals surface area (Å²) in [6, 6.07) is 13.1. The lowest BCUT2D eigenvalue weighted by Gasteiger charge is -2.18. The van der Waals surface area contributed by atoms with Gasteiger partial charge in [-0.2, -0.15) is 0 Å². The van der Waals surface area contributed by atoms with Crippen LogP contribution in [0.25, 0.3) is 22.3 Å². The van der Waals surface area contributed by atoms with Gasteiger partial charge in [-0.3, -0.25) is 0 Å². The predicted octanol–water partition coefficient (Wildman–Crippen LogP) is 6.52. The molecule has 0 spiro atoms. The fraction of sp³-hybridized carbons (Fsp3) is 0.417. The molecule has 0 aliphatic heterocycles. The normalized spacial score (nSPS) is 19.2. The number of rotatable bonds is 2. The second-order valence-corrected chi connectivity index (χ2v) is 8.85. The third-order valence-electron chi connectivity index (χ3n) is 5.80. The molecule has 1 atom stereocenters. The minimum Gasteiger partial charge on any atom is -0.249 e. The minimum absolute atomic E-state index is 0.439. The van der Waals surface area contributed by atoms with Crippen LogP contribution in [-0.4, -0.2) is 9.97 Å². The third-order valence-corrected chi connectivity index (χ3v) is 5.80. The monoisotopic (exact) mass is 344 g/mol. The molecule has 2 heteroatoms. The molecule has 2 aromatic carbocycles. The smallest absolute Gasteiger partial charge is 0.0925 e. The lowest BCUT2D eigenvalue weighted by Crippen LogP contribution is -2.05. The van der Waals surface area contributed by atoms with Crippen LogP contribution in [0.2, 0.25) is 0 Å². The molecule has 4 rings (SSSR count). The Labute approximate surface area is 156 Å². The second kappa shape index (κ2) is 6.19. The van der Waals surface area contributed by atoms with Crippen molar-refractivity contribution in [3.63, 3.8) is 0 Å². The van der Waals surface area contributed by atoms with Crippen molar-refractivity contribution < 1.29 is 0 Å². The summed E-state index contributed by atoms with van der Waals surface area (Å²) in [6.07, 6.45) is 3.79. The minimum atomic E-state index is 0.439. The molecule has 3 aromatic rings. The Balaban J connectivity index is 1.84. The van der Waals surface area contributed by atoms with Crippen LogP contribution in [0.5, 0.6) is 0 Å². The summed E-state index contributed by atoms with van der Waals surface area (Å²) in [5.74, 6) is 0.606. The van der Waals surface area contributed by atoms with E-state index in [1.807, 2.05) is 0 Å². The van der Waals surface area contributed by atoms with Crippen molar-refractivity contribution in [2.75, 3.05) is 0 Å². The molecule has 26 heavy (non-hydrogen) atoms. The van der Waals surface area contributed by atoms with Crippen molar-refractivity contribution >= 4 is 11.0 Å². The number of nitrogens with zero attached hydrogens (tertiary/aromatic N) is 2. The maximum absolute atomic E-state index is 5.04. The highest BCUT2D eigenvalue weighted by Crippen LogP contribution is 2.47. The zero-order valence-corrected chi connectivity index (χ0v) is 16.6. The van der Waals surface area contributed by atoms with Gasteiger partial charge in [-0.05, 0) is 75.1 Å². The first-order valence-electron chi connectivity index (χ1n) is 9.68. The van der Waals surface area contributed by atoms with Crippen molar-refractivity contribution in [1.82, 2.24) is 9.97 Å². The Morgan fingerprint density at radius 1 is 0.962 bits per heavy atom. The van der Waals surface area contributed by atoms with Crippen LogP contribution in [0.3, 0.4) is 0 Å². The van der Waals surface area contributed by atoms with E-state index in [2.05, 4.69) is 71.0 Å². The van der Waals surface area contributed by atoms with Gasteiger partial charge in [-0.25, -0.2) is 9.97 Å². The number of hydrogen-bond donors (Lipinski definition) is 0. The van der Waals surface area contributed by atoms with Crippen LogP contribution in [0.15, 0.2) is 36.4 Å². The largest absolute Gasteiger partial charge is 0.249 e. The van der Waals surface area contributed by atoms with Gasteiger partial charge in [0.25, 0.3) is 0 Å². The quantitative estimate of drug-likeness (QED) is 0.529. The van der Waals surface area contributed by atoms with Gasteiger partial charge in [0.2, 0.25) is 0 Å². The van der Waals surface area contributed by atoms with E-state index >= 15 is 0 Å². The molecule has 1 aliphatic rings. The fourth-order valence-corrected chi connectivity index (χ4v) is 4.60. The van der Waals surface area contributed by atoms with Gasteiger partial charge in [0.15, 0.2) is 0 Å². The maximum Gasteiger partial charge on any atom is 0.0925 e. The predicted molar refractivity (Wildman–Crippen MR) is 110 cm³/mol. The fourth-order valence-electron chi connectivity index (χ4n) is 4.60. The van der Waals surface area contributed by atoms with Gasteiger partial charge in [0, 0.05) is 5.56 Å². The number of para-hydroxylation sites is 1. The molecule has 1 saturated carbocycles. The zero-order chi connectivity index (χ0) is 18.5. The van der Waals surface area contributed by atoms with E-state index in [1.165, 1.54) is 41.5 Å². The van der Waals surface area contributed by atoms with E-state index in [0.717, 1.165) is 22.4 Å². The number of aromatic nitrogens is 2. The van der Waals surface area contributed by atoms with Gasteiger partial charge in [-0.15, -0.1) is 0 Å². The van der Waals surface area contributed by atoms with Crippen molar-refractivity contribution in [1.29, 1.82) is 0 Å². The molecule has 0 saturated heterocycles. The molecule has 0 radical (unpaired) electrons. The summed E-state index contributed by atoms with van der Waals surface area (Å²) in [5.41, 5.74) is 9.67. The molecule has 1 unspecified atom stereocenters. The molecule has 1 heterocycles. The Kier molecular flexibility index (Phi) is 4.10. The average molecular weight is 345 g/mol. The van der Waals surface area contributed by atoms with Gasteiger partial charge in [0.1, 0.15) is 0 Å². The standard InChI is InChI=1S/C24H28N2/c1-15-11-16(2)13-19(12-15)22-17(3)25-23-20(7-6-8-21(23)26-22)18-9-10-24(4,5)14-18/h6-8,11-13,18H,9-10,14H2,1-5H3. The molecule has 2 nitrogen and oxygen atoms in total. The van der Waals surface area contributed by atoms with E-state index < -0.39 is 0 Å². The number of aryl methyl sites for hydroxylation is 3. The highest BCUT2D eigenvalue weighted by atomic mass is 14.8. The zero-order valence-electron chi connectivity index (χ0n) is 16.6. The Morgan fingerprint density at radius 2 is 1.69 bits per heavy atom. The number of hydrogen-bond acceptors (Lipinski definition) is 2. The molecule has 0 bridgehead atoms. The van der Waals surface area contributed by atoms with Crippen LogP contribution in [0.4, 0.5) is 0 Å². The summed E-state index contributed by atoms with van der Waals surface area (Å²) in [7, 11) is 0. The lowest BCUT2D eigenvalue weighted by atomic mass is 9.88. The van der Waals surface area contributed by atoms with Gasteiger partial charge in [-0.1, -0.05) is 43.2 Å². The lowest BCUT2D eigenvalue weighted by molar-refractivity contribution is 0.376.